The maximum atomic E-state index is 11.9. The molecule has 0 fully saturated rings. The predicted molar refractivity (Wildman–Crippen MR) is 70.3 cm³/mol. The molecule has 1 aliphatic heterocycles. The molecule has 2 rings (SSSR count). The van der Waals surface area contributed by atoms with Crippen LogP contribution in [0.2, 0.25) is 0 Å². The molecule has 1 atom stereocenters. The number of benzene rings is 1. The Hall–Kier alpha value is -1.78. The van der Waals surface area contributed by atoms with E-state index in [9.17, 15) is 4.79 Å². The van der Waals surface area contributed by atoms with Crippen LogP contribution in [0.4, 0.5) is 0 Å². The van der Waals surface area contributed by atoms with E-state index >= 15 is 0 Å². The van der Waals surface area contributed by atoms with Crippen molar-refractivity contribution < 1.29 is 9.53 Å². The Labute approximate surface area is 106 Å². The average Bonchev–Trinajstić information content (AvgIpc) is 2.38. The average molecular weight is 244 g/mol. The first-order valence-corrected chi connectivity index (χ1v) is 5.86. The van der Waals surface area contributed by atoms with Gasteiger partial charge in [0.1, 0.15) is 0 Å². The second-order valence-electron chi connectivity index (χ2n) is 4.17. The first kappa shape index (κ1) is 12.7. The van der Waals surface area contributed by atoms with Crippen molar-refractivity contribution in [1.82, 2.24) is 0 Å². The van der Waals surface area contributed by atoms with Crippen LogP contribution < -0.4 is 5.73 Å². The van der Waals surface area contributed by atoms with E-state index in [0.29, 0.717) is 18.0 Å². The van der Waals surface area contributed by atoms with Gasteiger partial charge in [0, 0.05) is 18.3 Å². The highest BCUT2D eigenvalue weighted by atomic mass is 16.5. The molecule has 1 aliphatic rings. The number of carbonyl (C=O) groups is 1. The van der Waals surface area contributed by atoms with Crippen LogP contribution in [0.15, 0.2) is 47.1 Å². The number of hydrogen-bond acceptors (Lipinski definition) is 4. The minimum absolute atomic E-state index is 0.0844. The molecule has 1 unspecified atom stereocenters. The molecular weight excluding hydrogens is 228 g/mol. The van der Waals surface area contributed by atoms with E-state index in [4.69, 9.17) is 10.5 Å². The Balaban J connectivity index is 2.05. The molecule has 0 saturated heterocycles. The highest BCUT2D eigenvalue weighted by Crippen LogP contribution is 2.13. The summed E-state index contributed by atoms with van der Waals surface area (Å²) in [5.41, 5.74) is 7.89. The molecule has 0 spiro atoms. The minimum Gasteiger partial charge on any atom is -0.359 e. The SMILES string of the molecule is CC1=CC(=O)C(OCc2ccccc2)C(CN)=N1. The lowest BCUT2D eigenvalue weighted by molar-refractivity contribution is -0.122. The fourth-order valence-electron chi connectivity index (χ4n) is 1.85. The van der Waals surface area contributed by atoms with Gasteiger partial charge in [0.2, 0.25) is 0 Å². The van der Waals surface area contributed by atoms with E-state index < -0.39 is 6.10 Å². The Morgan fingerprint density at radius 2 is 2.06 bits per heavy atom. The van der Waals surface area contributed by atoms with Crippen LogP contribution in [0.3, 0.4) is 0 Å². The first-order chi connectivity index (χ1) is 8.70. The smallest absolute Gasteiger partial charge is 0.192 e. The van der Waals surface area contributed by atoms with Gasteiger partial charge >= 0.3 is 0 Å². The molecule has 1 aromatic carbocycles. The Morgan fingerprint density at radius 1 is 1.33 bits per heavy atom. The second-order valence-corrected chi connectivity index (χ2v) is 4.17. The molecule has 94 valence electrons. The third kappa shape index (κ3) is 2.91. The zero-order chi connectivity index (χ0) is 13.0. The van der Waals surface area contributed by atoms with E-state index in [1.54, 1.807) is 6.92 Å². The van der Waals surface area contributed by atoms with Crippen molar-refractivity contribution in [3.8, 4) is 0 Å². The van der Waals surface area contributed by atoms with Gasteiger partial charge in [-0.15, -0.1) is 0 Å². The summed E-state index contributed by atoms with van der Waals surface area (Å²) in [6, 6.07) is 9.71. The normalized spacial score (nSPS) is 19.4. The lowest BCUT2D eigenvalue weighted by Crippen LogP contribution is -2.38. The van der Waals surface area contributed by atoms with Crippen LogP contribution in [0.5, 0.6) is 0 Å². The van der Waals surface area contributed by atoms with Crippen molar-refractivity contribution in [3.05, 3.63) is 47.7 Å². The van der Waals surface area contributed by atoms with Gasteiger partial charge in [-0.2, -0.15) is 0 Å². The van der Waals surface area contributed by atoms with Crippen molar-refractivity contribution in [1.29, 1.82) is 0 Å². The standard InChI is InChI=1S/C14H16N2O2/c1-10-7-13(17)14(12(8-15)16-10)18-9-11-5-3-2-4-6-11/h2-7,14H,8-9,15H2,1H3. The molecule has 0 radical (unpaired) electrons. The predicted octanol–water partition coefficient (Wildman–Crippen LogP) is 1.46. The van der Waals surface area contributed by atoms with Crippen LogP contribution in [0, 0.1) is 0 Å². The molecular formula is C14H16N2O2. The Morgan fingerprint density at radius 3 is 2.72 bits per heavy atom. The molecule has 4 nitrogen and oxygen atoms in total. The number of allylic oxidation sites excluding steroid dienone is 1. The number of nitrogens with zero attached hydrogens (tertiary/aromatic N) is 1. The van der Waals surface area contributed by atoms with Crippen molar-refractivity contribution in [2.24, 2.45) is 10.7 Å². The van der Waals surface area contributed by atoms with E-state index in [2.05, 4.69) is 4.99 Å². The molecule has 0 aliphatic carbocycles. The molecule has 1 aromatic rings. The van der Waals surface area contributed by atoms with Crippen LogP contribution in [-0.2, 0) is 16.1 Å². The van der Waals surface area contributed by atoms with Crippen LogP contribution in [0.25, 0.3) is 0 Å². The first-order valence-electron chi connectivity index (χ1n) is 5.86. The van der Waals surface area contributed by atoms with Crippen molar-refractivity contribution >= 4 is 11.5 Å². The van der Waals surface area contributed by atoms with Crippen molar-refractivity contribution in [3.63, 3.8) is 0 Å². The molecule has 0 aromatic heterocycles. The summed E-state index contributed by atoms with van der Waals surface area (Å²) >= 11 is 0. The quantitative estimate of drug-likeness (QED) is 0.872. The van der Waals surface area contributed by atoms with Crippen LogP contribution in [-0.4, -0.2) is 24.1 Å². The summed E-state index contributed by atoms with van der Waals surface area (Å²) in [4.78, 5) is 16.1. The molecule has 4 heteroatoms. The number of nitrogens with two attached hydrogens (primary N) is 1. The van der Waals surface area contributed by atoms with Gasteiger partial charge in [0.05, 0.1) is 12.3 Å². The van der Waals surface area contributed by atoms with E-state index in [1.165, 1.54) is 6.08 Å². The highest BCUT2D eigenvalue weighted by molar-refractivity contribution is 6.15. The van der Waals surface area contributed by atoms with Gasteiger partial charge in [0.25, 0.3) is 0 Å². The minimum atomic E-state index is -0.640. The van der Waals surface area contributed by atoms with Crippen LogP contribution in [0.1, 0.15) is 12.5 Å². The summed E-state index contributed by atoms with van der Waals surface area (Å²) in [5.74, 6) is -0.0844. The summed E-state index contributed by atoms with van der Waals surface area (Å²) in [6.45, 7) is 2.39. The molecule has 0 saturated carbocycles. The highest BCUT2D eigenvalue weighted by Gasteiger charge is 2.26. The summed E-state index contributed by atoms with van der Waals surface area (Å²) in [7, 11) is 0. The third-order valence-electron chi connectivity index (χ3n) is 2.70. The second kappa shape index (κ2) is 5.71. The number of aliphatic imine (C=N–C) groups is 1. The third-order valence-corrected chi connectivity index (χ3v) is 2.70. The fraction of sp³-hybridized carbons (Fsp3) is 0.286. The molecule has 0 amide bonds. The molecule has 18 heavy (non-hydrogen) atoms. The monoisotopic (exact) mass is 244 g/mol. The molecule has 2 N–H and O–H groups in total. The van der Waals surface area contributed by atoms with Gasteiger partial charge in [-0.25, -0.2) is 0 Å². The van der Waals surface area contributed by atoms with Crippen molar-refractivity contribution in [2.75, 3.05) is 6.54 Å². The maximum Gasteiger partial charge on any atom is 0.192 e. The largest absolute Gasteiger partial charge is 0.359 e. The number of carbonyl (C=O) groups excluding carboxylic acids is 1. The van der Waals surface area contributed by atoms with Crippen LogP contribution >= 0.6 is 0 Å². The molecule has 0 bridgehead atoms. The summed E-state index contributed by atoms with van der Waals surface area (Å²) in [6.07, 6.45) is 0.855. The van der Waals surface area contributed by atoms with Gasteiger partial charge in [-0.1, -0.05) is 30.3 Å². The van der Waals surface area contributed by atoms with Gasteiger partial charge < -0.3 is 10.5 Å². The Bertz CT molecular complexity index is 492. The van der Waals surface area contributed by atoms with E-state index in [1.807, 2.05) is 30.3 Å². The van der Waals surface area contributed by atoms with E-state index in [-0.39, 0.29) is 12.3 Å². The maximum absolute atomic E-state index is 11.9. The van der Waals surface area contributed by atoms with Gasteiger partial charge in [-0.3, -0.25) is 9.79 Å². The lowest BCUT2D eigenvalue weighted by atomic mass is 10.1. The topological polar surface area (TPSA) is 64.7 Å². The summed E-state index contributed by atoms with van der Waals surface area (Å²) < 4.78 is 5.63. The zero-order valence-corrected chi connectivity index (χ0v) is 10.3. The fourth-order valence-corrected chi connectivity index (χ4v) is 1.85. The zero-order valence-electron chi connectivity index (χ0n) is 10.3. The van der Waals surface area contributed by atoms with Gasteiger partial charge in [0.15, 0.2) is 11.9 Å². The van der Waals surface area contributed by atoms with Gasteiger partial charge in [-0.05, 0) is 12.5 Å². The number of hydrogen-bond donors (Lipinski definition) is 1. The summed E-state index contributed by atoms with van der Waals surface area (Å²) in [5, 5.41) is 0. The number of ether oxygens (including phenoxy) is 1. The number of rotatable bonds is 4. The number of ketones is 1. The Kier molecular flexibility index (Phi) is 4.02. The molecule has 1 heterocycles. The van der Waals surface area contributed by atoms with E-state index in [0.717, 1.165) is 5.56 Å². The lowest BCUT2D eigenvalue weighted by Gasteiger charge is -2.20. The van der Waals surface area contributed by atoms with Crippen molar-refractivity contribution in [2.45, 2.75) is 19.6 Å².